The van der Waals surface area contributed by atoms with Gasteiger partial charge in [0.25, 0.3) is 0 Å². The second kappa shape index (κ2) is 12.4. The smallest absolute Gasteiger partial charge is 0.191 e. The first-order valence-corrected chi connectivity index (χ1v) is 9.02. The Morgan fingerprint density at radius 1 is 1.28 bits per heavy atom. The molecule has 0 saturated heterocycles. The number of hydrogen-bond acceptors (Lipinski definition) is 4. The highest BCUT2D eigenvalue weighted by Gasteiger charge is 2.03. The van der Waals surface area contributed by atoms with Gasteiger partial charge >= 0.3 is 0 Å². The van der Waals surface area contributed by atoms with Crippen LogP contribution in [0.25, 0.3) is 0 Å². The number of phenolic OH excluding ortho intramolecular Hbond substituents is 1. The van der Waals surface area contributed by atoms with E-state index in [1.807, 2.05) is 19.1 Å². The first kappa shape index (κ1) is 21.1. The molecule has 0 aliphatic rings. The predicted octanol–water partition coefficient (Wildman–Crippen LogP) is 2.56. The Bertz CT molecular complexity index is 519. The largest absolute Gasteiger partial charge is 0.504 e. The molecule has 0 spiro atoms. The molecule has 142 valence electrons. The molecule has 0 radical (unpaired) electrons. The minimum atomic E-state index is 0.161. The van der Waals surface area contributed by atoms with Crippen LogP contribution in [0.15, 0.2) is 23.2 Å². The van der Waals surface area contributed by atoms with E-state index in [4.69, 9.17) is 9.47 Å². The molecule has 0 saturated carbocycles. The molecule has 1 rings (SSSR count). The number of phenols is 1. The van der Waals surface area contributed by atoms with E-state index in [0.29, 0.717) is 11.7 Å². The molecule has 0 amide bonds. The summed E-state index contributed by atoms with van der Waals surface area (Å²) in [5, 5.41) is 16.2. The van der Waals surface area contributed by atoms with Gasteiger partial charge < -0.3 is 25.2 Å². The number of rotatable bonds is 11. The van der Waals surface area contributed by atoms with Gasteiger partial charge in [0.15, 0.2) is 17.5 Å². The fraction of sp³-hybridized carbons (Fsp3) is 0.632. The summed E-state index contributed by atoms with van der Waals surface area (Å²) in [6, 6.07) is 5.41. The van der Waals surface area contributed by atoms with Crippen LogP contribution in [-0.4, -0.2) is 51.0 Å². The second-order valence-electron chi connectivity index (χ2n) is 6.27. The SMILES string of the molecule is CCNC(=NCCCOCC(C)C)NCCc1ccc(O)c(OC)c1. The van der Waals surface area contributed by atoms with Gasteiger partial charge in [-0.2, -0.15) is 0 Å². The maximum Gasteiger partial charge on any atom is 0.191 e. The maximum absolute atomic E-state index is 9.63. The topological polar surface area (TPSA) is 75.1 Å². The lowest BCUT2D eigenvalue weighted by atomic mass is 10.1. The normalized spacial score (nSPS) is 11.6. The Labute approximate surface area is 151 Å². The van der Waals surface area contributed by atoms with Crippen LogP contribution >= 0.6 is 0 Å². The molecule has 1 aromatic carbocycles. The van der Waals surface area contributed by atoms with Crippen molar-refractivity contribution in [3.63, 3.8) is 0 Å². The van der Waals surface area contributed by atoms with Crippen LogP contribution in [0.3, 0.4) is 0 Å². The van der Waals surface area contributed by atoms with Gasteiger partial charge in [0.1, 0.15) is 0 Å². The lowest BCUT2D eigenvalue weighted by Gasteiger charge is -2.12. The molecule has 0 unspecified atom stereocenters. The van der Waals surface area contributed by atoms with E-state index in [2.05, 4.69) is 29.5 Å². The number of benzene rings is 1. The van der Waals surface area contributed by atoms with Crippen LogP contribution in [0.5, 0.6) is 11.5 Å². The summed E-state index contributed by atoms with van der Waals surface area (Å²) in [5.74, 6) is 2.05. The van der Waals surface area contributed by atoms with E-state index >= 15 is 0 Å². The molecule has 3 N–H and O–H groups in total. The van der Waals surface area contributed by atoms with Gasteiger partial charge in [0, 0.05) is 32.8 Å². The van der Waals surface area contributed by atoms with Crippen molar-refractivity contribution < 1.29 is 14.6 Å². The summed E-state index contributed by atoms with van der Waals surface area (Å²) in [5.41, 5.74) is 1.10. The van der Waals surface area contributed by atoms with Gasteiger partial charge in [-0.25, -0.2) is 0 Å². The monoisotopic (exact) mass is 351 g/mol. The van der Waals surface area contributed by atoms with Gasteiger partial charge in [-0.05, 0) is 43.4 Å². The third-order valence-corrected chi connectivity index (χ3v) is 3.46. The molecule has 0 heterocycles. The van der Waals surface area contributed by atoms with E-state index in [0.717, 1.165) is 57.2 Å². The molecule has 6 heteroatoms. The Balaban J connectivity index is 2.35. The van der Waals surface area contributed by atoms with Crippen LogP contribution < -0.4 is 15.4 Å². The van der Waals surface area contributed by atoms with Crippen molar-refractivity contribution in [3.8, 4) is 11.5 Å². The fourth-order valence-corrected chi connectivity index (χ4v) is 2.22. The summed E-state index contributed by atoms with van der Waals surface area (Å²) >= 11 is 0. The number of methoxy groups -OCH3 is 1. The molecule has 0 aliphatic heterocycles. The molecule has 0 aliphatic carbocycles. The number of hydrogen-bond donors (Lipinski definition) is 3. The van der Waals surface area contributed by atoms with Crippen LogP contribution in [0, 0.1) is 5.92 Å². The van der Waals surface area contributed by atoms with Gasteiger partial charge in [-0.15, -0.1) is 0 Å². The molecule has 0 atom stereocenters. The van der Waals surface area contributed by atoms with E-state index in [1.165, 1.54) is 0 Å². The third kappa shape index (κ3) is 9.19. The van der Waals surface area contributed by atoms with Crippen molar-refractivity contribution in [1.82, 2.24) is 10.6 Å². The van der Waals surface area contributed by atoms with E-state index < -0.39 is 0 Å². The Hall–Kier alpha value is -1.95. The molecule has 1 aromatic rings. The van der Waals surface area contributed by atoms with Crippen LogP contribution in [-0.2, 0) is 11.2 Å². The number of aromatic hydroxyl groups is 1. The van der Waals surface area contributed by atoms with Crippen molar-refractivity contribution in [2.45, 2.75) is 33.6 Å². The highest BCUT2D eigenvalue weighted by molar-refractivity contribution is 5.79. The van der Waals surface area contributed by atoms with Crippen LogP contribution in [0.1, 0.15) is 32.8 Å². The highest BCUT2D eigenvalue weighted by atomic mass is 16.5. The summed E-state index contributed by atoms with van der Waals surface area (Å²) in [4.78, 5) is 4.56. The molecule has 0 fully saturated rings. The minimum Gasteiger partial charge on any atom is -0.504 e. The van der Waals surface area contributed by atoms with E-state index in [-0.39, 0.29) is 5.75 Å². The summed E-state index contributed by atoms with van der Waals surface area (Å²) in [7, 11) is 1.55. The first-order chi connectivity index (χ1) is 12.1. The zero-order valence-electron chi connectivity index (χ0n) is 16.0. The van der Waals surface area contributed by atoms with Crippen molar-refractivity contribution in [2.24, 2.45) is 10.9 Å². The van der Waals surface area contributed by atoms with Gasteiger partial charge in [-0.3, -0.25) is 4.99 Å². The number of ether oxygens (including phenoxy) is 2. The van der Waals surface area contributed by atoms with Gasteiger partial charge in [-0.1, -0.05) is 19.9 Å². The zero-order valence-corrected chi connectivity index (χ0v) is 16.0. The van der Waals surface area contributed by atoms with Gasteiger partial charge in [0.05, 0.1) is 7.11 Å². The Morgan fingerprint density at radius 3 is 2.76 bits per heavy atom. The quantitative estimate of drug-likeness (QED) is 0.325. The van der Waals surface area contributed by atoms with Crippen molar-refractivity contribution in [1.29, 1.82) is 0 Å². The van der Waals surface area contributed by atoms with Crippen LogP contribution in [0.4, 0.5) is 0 Å². The van der Waals surface area contributed by atoms with Gasteiger partial charge in [0.2, 0.25) is 0 Å². The summed E-state index contributed by atoms with van der Waals surface area (Å²) < 4.78 is 10.7. The number of nitrogens with zero attached hydrogens (tertiary/aromatic N) is 1. The highest BCUT2D eigenvalue weighted by Crippen LogP contribution is 2.26. The van der Waals surface area contributed by atoms with E-state index in [1.54, 1.807) is 13.2 Å². The van der Waals surface area contributed by atoms with Crippen molar-refractivity contribution in [3.05, 3.63) is 23.8 Å². The summed E-state index contributed by atoms with van der Waals surface area (Å²) in [6.45, 7) is 10.2. The molecule has 6 nitrogen and oxygen atoms in total. The van der Waals surface area contributed by atoms with E-state index in [9.17, 15) is 5.11 Å². The molecule has 0 aromatic heterocycles. The molecule has 25 heavy (non-hydrogen) atoms. The lowest BCUT2D eigenvalue weighted by Crippen LogP contribution is -2.38. The third-order valence-electron chi connectivity index (χ3n) is 3.46. The number of nitrogens with one attached hydrogen (secondary N) is 2. The standard InChI is InChI=1S/C19H33N3O3/c1-5-20-19(21-10-6-12-25-14-15(2)3)22-11-9-16-7-8-17(23)18(13-16)24-4/h7-8,13,15,23H,5-6,9-12,14H2,1-4H3,(H2,20,21,22). The first-order valence-electron chi connectivity index (χ1n) is 9.02. The average molecular weight is 351 g/mol. The lowest BCUT2D eigenvalue weighted by molar-refractivity contribution is 0.109. The maximum atomic E-state index is 9.63. The number of aliphatic imine (C=N–C) groups is 1. The zero-order chi connectivity index (χ0) is 18.5. The van der Waals surface area contributed by atoms with Crippen molar-refractivity contribution in [2.75, 3.05) is 40.0 Å². The fourth-order valence-electron chi connectivity index (χ4n) is 2.22. The predicted molar refractivity (Wildman–Crippen MR) is 103 cm³/mol. The minimum absolute atomic E-state index is 0.161. The number of guanidine groups is 1. The second-order valence-corrected chi connectivity index (χ2v) is 6.27. The van der Waals surface area contributed by atoms with Crippen LogP contribution in [0.2, 0.25) is 0 Å². The Kier molecular flexibility index (Phi) is 10.5. The molecular weight excluding hydrogens is 318 g/mol. The van der Waals surface area contributed by atoms with Crippen molar-refractivity contribution >= 4 is 5.96 Å². The molecule has 0 bridgehead atoms. The summed E-state index contributed by atoms with van der Waals surface area (Å²) in [6.07, 6.45) is 1.73. The molecular formula is C19H33N3O3. The Morgan fingerprint density at radius 2 is 2.08 bits per heavy atom. The average Bonchev–Trinajstić information content (AvgIpc) is 2.59.